The second-order valence-corrected chi connectivity index (χ2v) is 5.73. The number of nitrogens with two attached hydrogens (primary N) is 1. The van der Waals surface area contributed by atoms with Gasteiger partial charge in [-0.2, -0.15) is 0 Å². The fourth-order valence-corrected chi connectivity index (χ4v) is 2.85. The molecule has 1 aromatic rings. The van der Waals surface area contributed by atoms with E-state index in [-0.39, 0.29) is 24.4 Å². The van der Waals surface area contributed by atoms with Gasteiger partial charge in [0, 0.05) is 29.7 Å². The first kappa shape index (κ1) is 16.1. The van der Waals surface area contributed by atoms with Crippen LogP contribution in [0.2, 0.25) is 5.02 Å². The van der Waals surface area contributed by atoms with Crippen LogP contribution in [0.4, 0.5) is 0 Å². The van der Waals surface area contributed by atoms with E-state index in [4.69, 9.17) is 22.1 Å². The SMILES string of the molecule is Cl.NC1CCCN(C(=O)C2=Cc3cc(Cl)ccc3OC2)C1. The lowest BCUT2D eigenvalue weighted by Crippen LogP contribution is -2.46. The van der Waals surface area contributed by atoms with Gasteiger partial charge in [0.05, 0.1) is 5.57 Å². The summed E-state index contributed by atoms with van der Waals surface area (Å²) in [5, 5.41) is 0.636. The molecule has 21 heavy (non-hydrogen) atoms. The summed E-state index contributed by atoms with van der Waals surface area (Å²) in [5.74, 6) is 0.784. The van der Waals surface area contributed by atoms with Gasteiger partial charge in [-0.25, -0.2) is 0 Å². The maximum Gasteiger partial charge on any atom is 0.253 e. The van der Waals surface area contributed by atoms with Crippen LogP contribution in [0, 0.1) is 0 Å². The summed E-state index contributed by atoms with van der Waals surface area (Å²) in [6.45, 7) is 1.70. The molecule has 6 heteroatoms. The Bertz CT molecular complexity index is 575. The molecule has 0 aliphatic carbocycles. The van der Waals surface area contributed by atoms with E-state index in [0.717, 1.165) is 30.7 Å². The molecule has 4 nitrogen and oxygen atoms in total. The Labute approximate surface area is 135 Å². The van der Waals surface area contributed by atoms with Crippen molar-refractivity contribution in [2.45, 2.75) is 18.9 Å². The number of likely N-dealkylation sites (tertiary alicyclic amines) is 1. The summed E-state index contributed by atoms with van der Waals surface area (Å²) >= 11 is 5.98. The van der Waals surface area contributed by atoms with Gasteiger partial charge in [0.25, 0.3) is 5.91 Å². The fourth-order valence-electron chi connectivity index (χ4n) is 2.67. The Kier molecular flexibility index (Phi) is 5.14. The van der Waals surface area contributed by atoms with Gasteiger partial charge in [0.15, 0.2) is 0 Å². The first-order valence-electron chi connectivity index (χ1n) is 6.81. The minimum absolute atomic E-state index is 0. The highest BCUT2D eigenvalue weighted by Crippen LogP contribution is 2.29. The number of nitrogens with zero attached hydrogens (tertiary/aromatic N) is 1. The zero-order valence-electron chi connectivity index (χ0n) is 11.5. The van der Waals surface area contributed by atoms with Gasteiger partial charge < -0.3 is 15.4 Å². The zero-order chi connectivity index (χ0) is 14.1. The molecule has 2 heterocycles. The lowest BCUT2D eigenvalue weighted by atomic mass is 10.0. The van der Waals surface area contributed by atoms with Crippen LogP contribution in [0.5, 0.6) is 5.75 Å². The van der Waals surface area contributed by atoms with E-state index in [1.165, 1.54) is 0 Å². The number of piperidine rings is 1. The predicted octanol–water partition coefficient (Wildman–Crippen LogP) is 2.49. The van der Waals surface area contributed by atoms with E-state index >= 15 is 0 Å². The maximum atomic E-state index is 12.5. The van der Waals surface area contributed by atoms with E-state index in [2.05, 4.69) is 0 Å². The summed E-state index contributed by atoms with van der Waals surface area (Å²) in [7, 11) is 0. The van der Waals surface area contributed by atoms with Crippen molar-refractivity contribution in [3.63, 3.8) is 0 Å². The van der Waals surface area contributed by atoms with Crippen LogP contribution in [0.15, 0.2) is 23.8 Å². The second-order valence-electron chi connectivity index (χ2n) is 5.29. The van der Waals surface area contributed by atoms with Crippen molar-refractivity contribution in [3.8, 4) is 5.75 Å². The maximum absolute atomic E-state index is 12.5. The van der Waals surface area contributed by atoms with Crippen molar-refractivity contribution in [1.82, 2.24) is 4.90 Å². The standard InChI is InChI=1S/C15H17ClN2O2.ClH/c16-12-3-4-14-10(7-12)6-11(9-20-14)15(19)18-5-1-2-13(17)8-18;/h3-4,6-7,13H,1-2,5,8-9,17H2;1H. The largest absolute Gasteiger partial charge is 0.488 e. The lowest BCUT2D eigenvalue weighted by Gasteiger charge is -2.32. The summed E-state index contributed by atoms with van der Waals surface area (Å²) in [4.78, 5) is 14.3. The third-order valence-electron chi connectivity index (χ3n) is 3.70. The number of ether oxygens (including phenoxy) is 1. The van der Waals surface area contributed by atoms with Gasteiger partial charge in [-0.1, -0.05) is 11.6 Å². The molecule has 1 unspecified atom stereocenters. The predicted molar refractivity (Wildman–Crippen MR) is 86.0 cm³/mol. The summed E-state index contributed by atoms with van der Waals surface area (Å²) < 4.78 is 5.62. The average molecular weight is 329 g/mol. The zero-order valence-corrected chi connectivity index (χ0v) is 13.1. The highest BCUT2D eigenvalue weighted by Gasteiger charge is 2.26. The molecule has 1 atom stereocenters. The Morgan fingerprint density at radius 2 is 2.24 bits per heavy atom. The van der Waals surface area contributed by atoms with Crippen LogP contribution in [0.3, 0.4) is 0 Å². The third-order valence-corrected chi connectivity index (χ3v) is 3.94. The Morgan fingerprint density at radius 1 is 1.43 bits per heavy atom. The van der Waals surface area contributed by atoms with E-state index in [0.29, 0.717) is 23.7 Å². The number of carbonyl (C=O) groups is 1. The third kappa shape index (κ3) is 3.51. The number of rotatable bonds is 1. The molecule has 2 aliphatic rings. The van der Waals surface area contributed by atoms with Crippen LogP contribution in [0.1, 0.15) is 18.4 Å². The molecule has 1 aromatic carbocycles. The minimum atomic E-state index is 0. The molecule has 0 aromatic heterocycles. The molecule has 3 rings (SSSR count). The normalized spacial score (nSPS) is 20.8. The Balaban J connectivity index is 0.00000161. The molecule has 114 valence electrons. The van der Waals surface area contributed by atoms with Crippen molar-refractivity contribution in [3.05, 3.63) is 34.4 Å². The molecular formula is C15H18Cl2N2O2. The van der Waals surface area contributed by atoms with Crippen LogP contribution in [-0.4, -0.2) is 36.5 Å². The Morgan fingerprint density at radius 3 is 3.00 bits per heavy atom. The first-order valence-corrected chi connectivity index (χ1v) is 7.19. The van der Waals surface area contributed by atoms with Gasteiger partial charge in [0.2, 0.25) is 0 Å². The van der Waals surface area contributed by atoms with E-state index in [9.17, 15) is 4.79 Å². The van der Waals surface area contributed by atoms with Crippen molar-refractivity contribution >= 4 is 36.0 Å². The van der Waals surface area contributed by atoms with Crippen molar-refractivity contribution in [2.75, 3.05) is 19.7 Å². The number of amides is 1. The number of fused-ring (bicyclic) bond motifs is 1. The van der Waals surface area contributed by atoms with Crippen LogP contribution < -0.4 is 10.5 Å². The molecule has 2 N–H and O–H groups in total. The van der Waals surface area contributed by atoms with Gasteiger partial charge >= 0.3 is 0 Å². The average Bonchev–Trinajstić information content (AvgIpc) is 2.45. The summed E-state index contributed by atoms with van der Waals surface area (Å²) in [6, 6.07) is 5.50. The molecule has 1 amide bonds. The van der Waals surface area contributed by atoms with Crippen molar-refractivity contribution in [2.24, 2.45) is 5.73 Å². The van der Waals surface area contributed by atoms with Crippen LogP contribution in [-0.2, 0) is 4.79 Å². The number of halogens is 2. The quantitative estimate of drug-likeness (QED) is 0.861. The molecule has 0 bridgehead atoms. The van der Waals surface area contributed by atoms with Crippen molar-refractivity contribution < 1.29 is 9.53 Å². The molecular weight excluding hydrogens is 311 g/mol. The molecule has 0 radical (unpaired) electrons. The topological polar surface area (TPSA) is 55.6 Å². The Hall–Kier alpha value is -1.23. The van der Waals surface area contributed by atoms with Gasteiger partial charge in [-0.3, -0.25) is 4.79 Å². The van der Waals surface area contributed by atoms with Crippen LogP contribution >= 0.6 is 24.0 Å². The second kappa shape index (κ2) is 6.69. The number of benzene rings is 1. The van der Waals surface area contributed by atoms with E-state index < -0.39 is 0 Å². The molecule has 1 fully saturated rings. The van der Waals surface area contributed by atoms with Gasteiger partial charge in [0.1, 0.15) is 12.4 Å². The highest BCUT2D eigenvalue weighted by molar-refractivity contribution is 6.30. The molecule has 2 aliphatic heterocycles. The van der Waals surface area contributed by atoms with Crippen molar-refractivity contribution in [1.29, 1.82) is 0 Å². The fraction of sp³-hybridized carbons (Fsp3) is 0.400. The summed E-state index contributed by atoms with van der Waals surface area (Å²) in [5.41, 5.74) is 7.44. The number of hydrogen-bond donors (Lipinski definition) is 1. The summed E-state index contributed by atoms with van der Waals surface area (Å²) in [6.07, 6.45) is 3.81. The van der Waals surface area contributed by atoms with Crippen LogP contribution in [0.25, 0.3) is 6.08 Å². The van der Waals surface area contributed by atoms with E-state index in [1.54, 1.807) is 6.07 Å². The van der Waals surface area contributed by atoms with E-state index in [1.807, 2.05) is 23.1 Å². The van der Waals surface area contributed by atoms with Gasteiger partial charge in [-0.15, -0.1) is 12.4 Å². The lowest BCUT2D eigenvalue weighted by molar-refractivity contribution is -0.128. The molecule has 0 spiro atoms. The van der Waals surface area contributed by atoms with Gasteiger partial charge in [-0.05, 0) is 37.1 Å². The highest BCUT2D eigenvalue weighted by atomic mass is 35.5. The monoisotopic (exact) mass is 328 g/mol. The number of carbonyl (C=O) groups excluding carboxylic acids is 1. The number of hydrogen-bond acceptors (Lipinski definition) is 3. The smallest absolute Gasteiger partial charge is 0.253 e. The molecule has 0 saturated carbocycles. The molecule has 1 saturated heterocycles. The minimum Gasteiger partial charge on any atom is -0.488 e. The first-order chi connectivity index (χ1) is 9.63.